The Morgan fingerprint density at radius 2 is 1.85 bits per heavy atom. The van der Waals surface area contributed by atoms with Crippen molar-refractivity contribution in [3.8, 4) is 0 Å². The zero-order chi connectivity index (χ0) is 10.0. The quantitative estimate of drug-likeness (QED) is 0.543. The van der Waals surface area contributed by atoms with E-state index in [4.69, 9.17) is 9.47 Å². The molecule has 3 N–H and O–H groups in total. The first-order valence-corrected chi connectivity index (χ1v) is 5.02. The molecule has 1 heterocycles. The molecule has 1 aliphatic heterocycles. The highest BCUT2D eigenvalue weighted by molar-refractivity contribution is 9.09. The Morgan fingerprint density at radius 1 is 1.23 bits per heavy atom. The minimum absolute atomic E-state index is 0.373. The van der Waals surface area contributed by atoms with Gasteiger partial charge in [0.15, 0.2) is 6.29 Å². The third kappa shape index (κ3) is 2.20. The number of hydrogen-bond acceptors (Lipinski definition) is 5. The van der Waals surface area contributed by atoms with E-state index in [2.05, 4.69) is 15.9 Å². The molecule has 0 aromatic heterocycles. The van der Waals surface area contributed by atoms with Gasteiger partial charge in [-0.2, -0.15) is 0 Å². The van der Waals surface area contributed by atoms with Gasteiger partial charge in [-0.25, -0.2) is 0 Å². The van der Waals surface area contributed by atoms with Crippen molar-refractivity contribution in [2.75, 3.05) is 12.4 Å². The molecule has 0 spiro atoms. The number of hydrogen-bond donors (Lipinski definition) is 3. The van der Waals surface area contributed by atoms with Crippen LogP contribution in [0.1, 0.15) is 0 Å². The fourth-order valence-electron chi connectivity index (χ4n) is 1.24. The molecular formula is C7H13BrO5. The lowest BCUT2D eigenvalue weighted by Crippen LogP contribution is -2.58. The van der Waals surface area contributed by atoms with Crippen LogP contribution in [-0.4, -0.2) is 58.5 Å². The van der Waals surface area contributed by atoms with Crippen LogP contribution in [0.3, 0.4) is 0 Å². The molecule has 1 fully saturated rings. The smallest absolute Gasteiger partial charge is 0.186 e. The van der Waals surface area contributed by atoms with Crippen LogP contribution in [-0.2, 0) is 9.47 Å². The summed E-state index contributed by atoms with van der Waals surface area (Å²) in [5, 5.41) is 28.5. The van der Waals surface area contributed by atoms with Gasteiger partial charge in [-0.15, -0.1) is 0 Å². The average molecular weight is 257 g/mol. The van der Waals surface area contributed by atoms with E-state index in [9.17, 15) is 15.3 Å². The molecule has 0 aromatic carbocycles. The van der Waals surface area contributed by atoms with Crippen molar-refractivity contribution >= 4 is 15.9 Å². The molecule has 5 nitrogen and oxygen atoms in total. The summed E-state index contributed by atoms with van der Waals surface area (Å²) in [6, 6.07) is 0. The molecule has 1 rings (SSSR count). The van der Waals surface area contributed by atoms with Gasteiger partial charge in [-0.3, -0.25) is 0 Å². The SMILES string of the molecule is CO[C@H]1OC(CBr)[C@@H](O)C(O)[C@@H]1O. The summed E-state index contributed by atoms with van der Waals surface area (Å²) in [6.45, 7) is 0. The minimum atomic E-state index is -1.23. The molecule has 1 aliphatic rings. The van der Waals surface area contributed by atoms with Crippen LogP contribution in [0.2, 0.25) is 0 Å². The molecule has 0 amide bonds. The van der Waals surface area contributed by atoms with Gasteiger partial charge in [0.25, 0.3) is 0 Å². The van der Waals surface area contributed by atoms with E-state index >= 15 is 0 Å². The zero-order valence-corrected chi connectivity index (χ0v) is 8.72. The van der Waals surface area contributed by atoms with Crippen LogP contribution in [0.4, 0.5) is 0 Å². The van der Waals surface area contributed by atoms with Crippen molar-refractivity contribution in [2.24, 2.45) is 0 Å². The molecule has 0 bridgehead atoms. The minimum Gasteiger partial charge on any atom is -0.388 e. The van der Waals surface area contributed by atoms with Crippen LogP contribution >= 0.6 is 15.9 Å². The second-order valence-electron chi connectivity index (χ2n) is 2.90. The first-order valence-electron chi connectivity index (χ1n) is 3.90. The summed E-state index contributed by atoms with van der Waals surface area (Å²) < 4.78 is 9.94. The average Bonchev–Trinajstić information content (AvgIpc) is 2.15. The van der Waals surface area contributed by atoms with Gasteiger partial charge in [0.05, 0.1) is 6.10 Å². The molecule has 78 valence electrons. The van der Waals surface area contributed by atoms with Crippen LogP contribution in [0.25, 0.3) is 0 Å². The fraction of sp³-hybridized carbons (Fsp3) is 1.00. The lowest BCUT2D eigenvalue weighted by molar-refractivity contribution is -0.284. The van der Waals surface area contributed by atoms with Crippen molar-refractivity contribution in [1.29, 1.82) is 0 Å². The number of aliphatic hydroxyl groups excluding tert-OH is 3. The van der Waals surface area contributed by atoms with E-state index in [0.717, 1.165) is 0 Å². The van der Waals surface area contributed by atoms with E-state index in [1.165, 1.54) is 7.11 Å². The molecule has 2 unspecified atom stereocenters. The third-order valence-corrected chi connectivity index (χ3v) is 2.69. The number of ether oxygens (including phenoxy) is 2. The lowest BCUT2D eigenvalue weighted by Gasteiger charge is -2.39. The van der Waals surface area contributed by atoms with Crippen molar-refractivity contribution < 1.29 is 24.8 Å². The molecule has 1 saturated heterocycles. The first-order chi connectivity index (χ1) is 6.11. The zero-order valence-electron chi connectivity index (χ0n) is 7.13. The Balaban J connectivity index is 2.66. The Labute approximate surface area is 84.4 Å². The maximum Gasteiger partial charge on any atom is 0.186 e. The van der Waals surface area contributed by atoms with Crippen molar-refractivity contribution in [1.82, 2.24) is 0 Å². The van der Waals surface area contributed by atoms with E-state index in [1.54, 1.807) is 0 Å². The summed E-state index contributed by atoms with van der Waals surface area (Å²) in [5.41, 5.74) is 0. The molecular weight excluding hydrogens is 244 g/mol. The van der Waals surface area contributed by atoms with Crippen molar-refractivity contribution in [3.63, 3.8) is 0 Å². The fourth-order valence-corrected chi connectivity index (χ4v) is 1.77. The van der Waals surface area contributed by atoms with Crippen LogP contribution in [0.15, 0.2) is 0 Å². The number of aliphatic hydroxyl groups is 3. The molecule has 6 heteroatoms. The van der Waals surface area contributed by atoms with E-state index < -0.39 is 30.7 Å². The normalized spacial score (nSPS) is 46.4. The van der Waals surface area contributed by atoms with Crippen LogP contribution in [0.5, 0.6) is 0 Å². The highest BCUT2D eigenvalue weighted by Gasteiger charge is 2.43. The summed E-state index contributed by atoms with van der Waals surface area (Å²) in [7, 11) is 1.36. The largest absolute Gasteiger partial charge is 0.388 e. The summed E-state index contributed by atoms with van der Waals surface area (Å²) in [4.78, 5) is 0. The van der Waals surface area contributed by atoms with Crippen molar-refractivity contribution in [3.05, 3.63) is 0 Å². The van der Waals surface area contributed by atoms with Crippen molar-refractivity contribution in [2.45, 2.75) is 30.7 Å². The van der Waals surface area contributed by atoms with Gasteiger partial charge in [0, 0.05) is 12.4 Å². The Kier molecular flexibility index (Phi) is 4.08. The van der Waals surface area contributed by atoms with E-state index in [1.807, 2.05) is 0 Å². The molecule has 5 atom stereocenters. The maximum atomic E-state index is 9.40. The second-order valence-corrected chi connectivity index (χ2v) is 3.55. The van der Waals surface area contributed by atoms with Crippen LogP contribution < -0.4 is 0 Å². The Bertz CT molecular complexity index is 147. The van der Waals surface area contributed by atoms with Crippen LogP contribution in [0, 0.1) is 0 Å². The number of methoxy groups -OCH3 is 1. The molecule has 13 heavy (non-hydrogen) atoms. The lowest BCUT2D eigenvalue weighted by atomic mass is 10.0. The van der Waals surface area contributed by atoms with Gasteiger partial charge in [0.1, 0.15) is 18.3 Å². The highest BCUT2D eigenvalue weighted by Crippen LogP contribution is 2.22. The number of rotatable bonds is 2. The molecule has 0 saturated carbocycles. The maximum absolute atomic E-state index is 9.40. The molecule has 0 aromatic rings. The molecule has 0 aliphatic carbocycles. The predicted molar refractivity (Wildman–Crippen MR) is 47.5 cm³/mol. The van der Waals surface area contributed by atoms with Gasteiger partial charge in [0.2, 0.25) is 0 Å². The topological polar surface area (TPSA) is 79.2 Å². The van der Waals surface area contributed by atoms with E-state index in [0.29, 0.717) is 5.33 Å². The third-order valence-electron chi connectivity index (χ3n) is 2.05. The summed E-state index contributed by atoms with van der Waals surface area (Å²) in [5.74, 6) is 0. The van der Waals surface area contributed by atoms with Gasteiger partial charge >= 0.3 is 0 Å². The highest BCUT2D eigenvalue weighted by atomic mass is 79.9. The standard InChI is InChI=1S/C7H13BrO5/c1-12-7-6(11)5(10)4(9)3(2-8)13-7/h3-7,9-11H,2H2,1H3/t3?,4-,5?,6+,7+/m1/s1. The molecule has 0 radical (unpaired) electrons. The monoisotopic (exact) mass is 256 g/mol. The van der Waals surface area contributed by atoms with Gasteiger partial charge < -0.3 is 24.8 Å². The number of alkyl halides is 1. The second kappa shape index (κ2) is 4.68. The number of halogens is 1. The summed E-state index contributed by atoms with van der Waals surface area (Å²) in [6.07, 6.45) is -5.00. The Morgan fingerprint density at radius 3 is 2.31 bits per heavy atom. The first kappa shape index (κ1) is 11.4. The van der Waals surface area contributed by atoms with Gasteiger partial charge in [-0.1, -0.05) is 15.9 Å². The predicted octanol–water partition coefficient (Wildman–Crippen LogP) is -1.16. The Hall–Kier alpha value is 0.280. The summed E-state index contributed by atoms with van der Waals surface area (Å²) >= 11 is 3.12. The van der Waals surface area contributed by atoms with Gasteiger partial charge in [-0.05, 0) is 0 Å². The van der Waals surface area contributed by atoms with E-state index in [-0.39, 0.29) is 0 Å².